The van der Waals surface area contributed by atoms with E-state index in [-0.39, 0.29) is 0 Å². The molecule has 6 nitrogen and oxygen atoms in total. The van der Waals surface area contributed by atoms with Crippen molar-refractivity contribution in [1.82, 2.24) is 25.5 Å². The third kappa shape index (κ3) is 9.84. The molecule has 0 aromatic carbocycles. The predicted octanol–water partition coefficient (Wildman–Crippen LogP) is 2.72. The van der Waals surface area contributed by atoms with E-state index in [1.54, 1.807) is 0 Å². The lowest BCUT2D eigenvalue weighted by Gasteiger charge is -2.10. The molecule has 2 rings (SSSR count). The molecule has 0 fully saturated rings. The number of aromatic nitrogens is 2. The van der Waals surface area contributed by atoms with Gasteiger partial charge in [-0.1, -0.05) is 0 Å². The Morgan fingerprint density at radius 2 is 1.96 bits per heavy atom. The molecular formula is C18H31N5OS2. The van der Waals surface area contributed by atoms with E-state index in [1.807, 2.05) is 64.2 Å². The van der Waals surface area contributed by atoms with Crippen molar-refractivity contribution in [2.75, 3.05) is 32.9 Å². The quantitative estimate of drug-likeness (QED) is 0.444. The highest BCUT2D eigenvalue weighted by molar-refractivity contribution is 7.98. The third-order valence-electron chi connectivity index (χ3n) is 3.36. The van der Waals surface area contributed by atoms with Crippen LogP contribution in [-0.2, 0) is 12.3 Å². The Kier molecular flexibility index (Phi) is 11.8. The second-order valence-electron chi connectivity index (χ2n) is 5.77. The van der Waals surface area contributed by atoms with Gasteiger partial charge in [0.1, 0.15) is 17.3 Å². The van der Waals surface area contributed by atoms with E-state index in [0.29, 0.717) is 0 Å². The van der Waals surface area contributed by atoms with Crippen LogP contribution in [0.3, 0.4) is 0 Å². The van der Waals surface area contributed by atoms with Crippen LogP contribution < -0.4 is 16.0 Å². The summed E-state index contributed by atoms with van der Waals surface area (Å²) in [7, 11) is 3.75. The smallest absolute Gasteiger partial charge is 0.166 e. The molecular weight excluding hydrogens is 366 g/mol. The number of imidazole rings is 1. The van der Waals surface area contributed by atoms with Crippen LogP contribution in [0.25, 0.3) is 0 Å². The molecule has 3 N–H and O–H groups in total. The molecule has 8 heteroatoms. The zero-order chi connectivity index (χ0) is 19.2. The van der Waals surface area contributed by atoms with Crippen LogP contribution in [0.15, 0.2) is 28.9 Å². The zero-order valence-electron chi connectivity index (χ0n) is 16.2. The van der Waals surface area contributed by atoms with Crippen molar-refractivity contribution in [1.29, 1.82) is 0 Å². The van der Waals surface area contributed by atoms with Gasteiger partial charge in [0.25, 0.3) is 0 Å². The van der Waals surface area contributed by atoms with Crippen LogP contribution in [0.2, 0.25) is 0 Å². The highest BCUT2D eigenvalue weighted by Gasteiger charge is 2.00. The number of furan rings is 1. The molecule has 0 spiro atoms. The molecule has 2 heterocycles. The van der Waals surface area contributed by atoms with Crippen molar-refractivity contribution in [3.8, 4) is 0 Å². The third-order valence-corrected chi connectivity index (χ3v) is 4.63. The lowest BCUT2D eigenvalue weighted by molar-refractivity contribution is 0.501. The molecule has 0 aliphatic carbocycles. The zero-order valence-corrected chi connectivity index (χ0v) is 17.8. The number of rotatable bonds is 9. The maximum atomic E-state index is 5.53. The number of nitrogens with one attached hydrogen (secondary N) is 3. The Labute approximate surface area is 166 Å². The fourth-order valence-corrected chi connectivity index (χ4v) is 3.08. The van der Waals surface area contributed by atoms with Crippen LogP contribution in [0.4, 0.5) is 0 Å². The van der Waals surface area contributed by atoms with E-state index in [1.165, 1.54) is 0 Å². The van der Waals surface area contributed by atoms with Gasteiger partial charge in [0.2, 0.25) is 0 Å². The SMILES string of the molecule is CNC.Cc1ccc(CSCCNC(=S)NCCCn2ccnc2C)o1. The molecule has 0 atom stereocenters. The lowest BCUT2D eigenvalue weighted by atomic mass is 10.4. The van der Waals surface area contributed by atoms with Gasteiger partial charge in [0.15, 0.2) is 5.11 Å². The fraction of sp³-hybridized carbons (Fsp3) is 0.556. The molecule has 0 aliphatic heterocycles. The summed E-state index contributed by atoms with van der Waals surface area (Å²) in [6.07, 6.45) is 4.85. The van der Waals surface area contributed by atoms with Crippen molar-refractivity contribution < 1.29 is 4.42 Å². The molecule has 2 aromatic rings. The minimum atomic E-state index is 0.724. The second-order valence-corrected chi connectivity index (χ2v) is 7.28. The minimum Gasteiger partial charge on any atom is -0.466 e. The lowest BCUT2D eigenvalue weighted by Crippen LogP contribution is -2.37. The highest BCUT2D eigenvalue weighted by Crippen LogP contribution is 2.14. The van der Waals surface area contributed by atoms with E-state index in [0.717, 1.165) is 60.0 Å². The van der Waals surface area contributed by atoms with E-state index in [2.05, 4.69) is 25.5 Å². The van der Waals surface area contributed by atoms with E-state index >= 15 is 0 Å². The first kappa shape index (κ1) is 22.5. The standard InChI is InChI=1S/C16H24N4OS2.C2H7N/c1-13-4-5-15(21-13)12-23-11-8-19-16(22)18-6-3-9-20-10-7-17-14(20)2;1-3-2/h4-5,7,10H,3,6,8-9,11-12H2,1-2H3,(H2,18,19,22);3H,1-2H3. The van der Waals surface area contributed by atoms with Gasteiger partial charge in [-0.15, -0.1) is 0 Å². The van der Waals surface area contributed by atoms with E-state index < -0.39 is 0 Å². The number of hydrogen-bond acceptors (Lipinski definition) is 5. The summed E-state index contributed by atoms with van der Waals surface area (Å²) in [5, 5.41) is 9.94. The van der Waals surface area contributed by atoms with E-state index in [9.17, 15) is 0 Å². The molecule has 146 valence electrons. The van der Waals surface area contributed by atoms with Crippen LogP contribution >= 0.6 is 24.0 Å². The topological polar surface area (TPSA) is 67.0 Å². The molecule has 2 aromatic heterocycles. The molecule has 0 radical (unpaired) electrons. The van der Waals surface area contributed by atoms with Gasteiger partial charge in [-0.05, 0) is 58.7 Å². The van der Waals surface area contributed by atoms with Gasteiger partial charge in [-0.25, -0.2) is 4.98 Å². The van der Waals surface area contributed by atoms with Crippen LogP contribution in [0.5, 0.6) is 0 Å². The highest BCUT2D eigenvalue weighted by atomic mass is 32.2. The number of nitrogens with zero attached hydrogens (tertiary/aromatic N) is 2. The normalized spacial score (nSPS) is 10.2. The monoisotopic (exact) mass is 397 g/mol. The average Bonchev–Trinajstić information content (AvgIpc) is 3.20. The summed E-state index contributed by atoms with van der Waals surface area (Å²) < 4.78 is 7.67. The molecule has 0 amide bonds. The first-order chi connectivity index (χ1) is 12.6. The number of hydrogen-bond donors (Lipinski definition) is 3. The van der Waals surface area contributed by atoms with Gasteiger partial charge in [-0.2, -0.15) is 11.8 Å². The number of thiocarbonyl (C=S) groups is 1. The molecule has 0 unspecified atom stereocenters. The summed E-state index contributed by atoms with van der Waals surface area (Å²) in [4.78, 5) is 4.21. The van der Waals surface area contributed by atoms with Crippen molar-refractivity contribution in [2.45, 2.75) is 32.6 Å². The number of thioether (sulfide) groups is 1. The molecule has 0 bridgehead atoms. The van der Waals surface area contributed by atoms with Crippen LogP contribution in [0, 0.1) is 13.8 Å². The van der Waals surface area contributed by atoms with Crippen LogP contribution in [-0.4, -0.2) is 47.6 Å². The summed E-state index contributed by atoms with van der Waals surface area (Å²) in [6, 6.07) is 4.03. The number of aryl methyl sites for hydroxylation is 3. The summed E-state index contributed by atoms with van der Waals surface area (Å²) >= 11 is 7.11. The maximum absolute atomic E-state index is 5.53. The molecule has 0 saturated heterocycles. The fourth-order valence-electron chi connectivity index (χ4n) is 2.13. The second kappa shape index (κ2) is 13.7. The molecule has 0 saturated carbocycles. The Bertz CT molecular complexity index is 627. The Morgan fingerprint density at radius 3 is 2.58 bits per heavy atom. The predicted molar refractivity (Wildman–Crippen MR) is 115 cm³/mol. The van der Waals surface area contributed by atoms with Crippen molar-refractivity contribution in [3.05, 3.63) is 41.9 Å². The Morgan fingerprint density at radius 1 is 1.23 bits per heavy atom. The van der Waals surface area contributed by atoms with Crippen molar-refractivity contribution >= 4 is 29.1 Å². The first-order valence-electron chi connectivity index (χ1n) is 8.77. The summed E-state index contributed by atoms with van der Waals surface area (Å²) in [5.74, 6) is 4.95. The van der Waals surface area contributed by atoms with Crippen molar-refractivity contribution in [2.24, 2.45) is 0 Å². The van der Waals surface area contributed by atoms with Crippen LogP contribution in [0.1, 0.15) is 23.8 Å². The van der Waals surface area contributed by atoms with Gasteiger partial charge in [0, 0.05) is 37.8 Å². The van der Waals surface area contributed by atoms with Gasteiger partial charge in [0.05, 0.1) is 5.75 Å². The minimum absolute atomic E-state index is 0.724. The Balaban J connectivity index is 0.00000105. The Hall–Kier alpha value is -1.51. The first-order valence-corrected chi connectivity index (χ1v) is 10.3. The van der Waals surface area contributed by atoms with Gasteiger partial charge >= 0.3 is 0 Å². The molecule has 0 aliphatic rings. The molecule has 26 heavy (non-hydrogen) atoms. The maximum Gasteiger partial charge on any atom is 0.166 e. The summed E-state index contributed by atoms with van der Waals surface area (Å²) in [6.45, 7) is 6.66. The summed E-state index contributed by atoms with van der Waals surface area (Å²) in [5.41, 5.74) is 0. The largest absolute Gasteiger partial charge is 0.466 e. The van der Waals surface area contributed by atoms with Gasteiger partial charge in [-0.3, -0.25) is 0 Å². The van der Waals surface area contributed by atoms with Gasteiger partial charge < -0.3 is 24.9 Å². The van der Waals surface area contributed by atoms with Crippen molar-refractivity contribution in [3.63, 3.8) is 0 Å². The van der Waals surface area contributed by atoms with E-state index in [4.69, 9.17) is 16.6 Å². The average molecular weight is 398 g/mol.